The third-order valence-corrected chi connectivity index (χ3v) is 4.97. The van der Waals surface area contributed by atoms with Gasteiger partial charge in [0.05, 0.1) is 22.8 Å². The molecule has 144 valence electrons. The Bertz CT molecular complexity index is 1080. The van der Waals surface area contributed by atoms with Crippen LogP contribution in [0.4, 0.5) is 4.39 Å². The molecule has 7 nitrogen and oxygen atoms in total. The number of aliphatic hydroxyl groups is 1. The normalized spacial score (nSPS) is 11.1. The first-order valence-electron chi connectivity index (χ1n) is 8.04. The van der Waals surface area contributed by atoms with Gasteiger partial charge in [-0.15, -0.1) is 0 Å². The van der Waals surface area contributed by atoms with Gasteiger partial charge in [-0.3, -0.25) is 9.78 Å². The smallest absolute Gasteiger partial charge is 0.266 e. The Kier molecular flexibility index (Phi) is 5.67. The van der Waals surface area contributed by atoms with Crippen molar-refractivity contribution in [3.63, 3.8) is 0 Å². The minimum atomic E-state index is -4.16. The van der Waals surface area contributed by atoms with Crippen molar-refractivity contribution >= 4 is 15.9 Å². The number of halogens is 1. The molecule has 0 aliphatic rings. The summed E-state index contributed by atoms with van der Waals surface area (Å²) in [5.74, 6) is -0.749. The Balaban J connectivity index is 1.77. The fourth-order valence-electron chi connectivity index (χ4n) is 2.24. The van der Waals surface area contributed by atoms with Gasteiger partial charge in [-0.05, 0) is 48.5 Å². The van der Waals surface area contributed by atoms with E-state index in [1.807, 2.05) is 4.72 Å². The van der Waals surface area contributed by atoms with E-state index >= 15 is 0 Å². The van der Waals surface area contributed by atoms with Crippen LogP contribution < -0.4 is 9.46 Å². The van der Waals surface area contributed by atoms with Gasteiger partial charge in [0.1, 0.15) is 17.3 Å². The van der Waals surface area contributed by atoms with Crippen LogP contribution in [0.2, 0.25) is 0 Å². The summed E-state index contributed by atoms with van der Waals surface area (Å²) in [6, 6.07) is 13.5. The number of carbonyl (C=O) groups is 1. The predicted molar refractivity (Wildman–Crippen MR) is 97.7 cm³/mol. The summed E-state index contributed by atoms with van der Waals surface area (Å²) in [7, 11) is -4.16. The molecule has 3 aromatic rings. The van der Waals surface area contributed by atoms with Crippen LogP contribution in [0.5, 0.6) is 11.5 Å². The number of nitrogens with one attached hydrogen (secondary N) is 1. The summed E-state index contributed by atoms with van der Waals surface area (Å²) in [6.45, 7) is -0.291. The average Bonchev–Trinajstić information content (AvgIpc) is 2.70. The molecule has 9 heteroatoms. The summed E-state index contributed by atoms with van der Waals surface area (Å²) >= 11 is 0. The molecule has 0 atom stereocenters. The van der Waals surface area contributed by atoms with E-state index in [0.717, 1.165) is 0 Å². The van der Waals surface area contributed by atoms with E-state index in [4.69, 9.17) is 9.84 Å². The minimum absolute atomic E-state index is 0.0273. The van der Waals surface area contributed by atoms with E-state index in [2.05, 4.69) is 4.98 Å². The number of sulfonamides is 1. The van der Waals surface area contributed by atoms with Gasteiger partial charge < -0.3 is 9.84 Å². The van der Waals surface area contributed by atoms with Crippen molar-refractivity contribution in [1.82, 2.24) is 9.71 Å². The third kappa shape index (κ3) is 4.70. The third-order valence-electron chi connectivity index (χ3n) is 3.64. The Hall–Kier alpha value is -3.30. The van der Waals surface area contributed by atoms with Gasteiger partial charge in [0.15, 0.2) is 0 Å². The van der Waals surface area contributed by atoms with Crippen molar-refractivity contribution in [3.8, 4) is 11.5 Å². The number of carbonyl (C=O) groups excluding carboxylic acids is 1. The summed E-state index contributed by atoms with van der Waals surface area (Å²) < 4.78 is 45.4. The summed E-state index contributed by atoms with van der Waals surface area (Å²) in [5, 5.41) is 8.96. The molecule has 0 fully saturated rings. The molecular formula is C19H15FN2O5S. The maximum Gasteiger partial charge on any atom is 0.266 e. The second-order valence-electron chi connectivity index (χ2n) is 5.66. The number of aliphatic hydroxyl groups excluding tert-OH is 1. The van der Waals surface area contributed by atoms with Gasteiger partial charge in [-0.25, -0.2) is 17.5 Å². The molecule has 0 bridgehead atoms. The average molecular weight is 402 g/mol. The van der Waals surface area contributed by atoms with Crippen LogP contribution in [-0.4, -0.2) is 24.4 Å². The van der Waals surface area contributed by atoms with Gasteiger partial charge in [0.25, 0.3) is 15.9 Å². The highest BCUT2D eigenvalue weighted by molar-refractivity contribution is 7.90. The molecule has 1 amide bonds. The van der Waals surface area contributed by atoms with Crippen LogP contribution >= 0.6 is 0 Å². The molecule has 0 aliphatic carbocycles. The van der Waals surface area contributed by atoms with Crippen molar-refractivity contribution in [2.24, 2.45) is 0 Å². The molecule has 2 aromatic carbocycles. The Labute approximate surface area is 160 Å². The van der Waals surface area contributed by atoms with Crippen molar-refractivity contribution in [2.75, 3.05) is 0 Å². The molecular weight excluding hydrogens is 387 g/mol. The number of hydrogen-bond donors (Lipinski definition) is 2. The zero-order valence-corrected chi connectivity index (χ0v) is 15.2. The number of rotatable bonds is 6. The molecule has 0 aliphatic heterocycles. The molecule has 0 saturated heterocycles. The van der Waals surface area contributed by atoms with Crippen LogP contribution in [0, 0.1) is 5.82 Å². The second kappa shape index (κ2) is 8.15. The fraction of sp³-hybridized carbons (Fsp3) is 0.0526. The van der Waals surface area contributed by atoms with Gasteiger partial charge in [-0.1, -0.05) is 6.07 Å². The first-order chi connectivity index (χ1) is 13.4. The number of benzene rings is 2. The van der Waals surface area contributed by atoms with E-state index in [-0.39, 0.29) is 22.8 Å². The zero-order valence-electron chi connectivity index (χ0n) is 14.4. The Morgan fingerprint density at radius 2 is 1.82 bits per heavy atom. The summed E-state index contributed by atoms with van der Waals surface area (Å²) in [6.07, 6.45) is 1.17. The van der Waals surface area contributed by atoms with Gasteiger partial charge in [0.2, 0.25) is 0 Å². The number of amides is 1. The largest absolute Gasteiger partial charge is 0.457 e. The number of hydrogen-bond acceptors (Lipinski definition) is 6. The molecule has 0 unspecified atom stereocenters. The fourth-order valence-corrected chi connectivity index (χ4v) is 3.24. The quantitative estimate of drug-likeness (QED) is 0.657. The number of ether oxygens (including phenoxy) is 1. The van der Waals surface area contributed by atoms with Gasteiger partial charge in [0, 0.05) is 12.3 Å². The highest BCUT2D eigenvalue weighted by atomic mass is 32.2. The number of aromatic nitrogens is 1. The molecule has 2 N–H and O–H groups in total. The van der Waals surface area contributed by atoms with Crippen LogP contribution in [0.3, 0.4) is 0 Å². The highest BCUT2D eigenvalue weighted by Gasteiger charge is 2.19. The van der Waals surface area contributed by atoms with Crippen LogP contribution in [0.1, 0.15) is 16.1 Å². The van der Waals surface area contributed by atoms with E-state index in [9.17, 15) is 17.6 Å². The lowest BCUT2D eigenvalue weighted by Crippen LogP contribution is -2.30. The predicted octanol–water partition coefficient (Wildman–Crippen LogP) is 2.62. The molecule has 0 spiro atoms. The Morgan fingerprint density at radius 3 is 2.46 bits per heavy atom. The highest BCUT2D eigenvalue weighted by Crippen LogP contribution is 2.24. The monoisotopic (exact) mass is 402 g/mol. The molecule has 0 saturated carbocycles. The van der Waals surface area contributed by atoms with Crippen LogP contribution in [-0.2, 0) is 16.6 Å². The first-order valence-corrected chi connectivity index (χ1v) is 9.52. The number of nitrogens with zero attached hydrogens (tertiary/aromatic N) is 1. The minimum Gasteiger partial charge on any atom is -0.457 e. The number of pyridine rings is 1. The van der Waals surface area contributed by atoms with E-state index in [0.29, 0.717) is 11.4 Å². The summed E-state index contributed by atoms with van der Waals surface area (Å²) in [4.78, 5) is 15.8. The van der Waals surface area contributed by atoms with Gasteiger partial charge in [-0.2, -0.15) is 0 Å². The summed E-state index contributed by atoms with van der Waals surface area (Å²) in [5.41, 5.74) is 0.379. The maximum atomic E-state index is 13.0. The van der Waals surface area contributed by atoms with Crippen LogP contribution in [0.15, 0.2) is 71.8 Å². The standard InChI is InChI=1S/C19H15FN2O5S/c20-14-5-8-16(9-6-14)27-17-2-1-3-18(10-17)28(25,26)22-19(24)13-4-7-15(12-23)21-11-13/h1-11,23H,12H2,(H,22,24). The lowest BCUT2D eigenvalue weighted by atomic mass is 10.2. The first kappa shape index (κ1) is 19.5. The molecule has 1 aromatic heterocycles. The van der Waals surface area contributed by atoms with Crippen molar-refractivity contribution in [3.05, 3.63) is 83.9 Å². The lowest BCUT2D eigenvalue weighted by Gasteiger charge is -2.10. The van der Waals surface area contributed by atoms with Crippen molar-refractivity contribution < 1.29 is 27.4 Å². The Morgan fingerprint density at radius 1 is 1.07 bits per heavy atom. The van der Waals surface area contributed by atoms with Crippen LogP contribution in [0.25, 0.3) is 0 Å². The SMILES string of the molecule is O=C(NS(=O)(=O)c1cccc(Oc2ccc(F)cc2)c1)c1ccc(CO)nc1. The lowest BCUT2D eigenvalue weighted by molar-refractivity contribution is 0.0981. The molecule has 1 heterocycles. The van der Waals surface area contributed by atoms with Crippen molar-refractivity contribution in [2.45, 2.75) is 11.5 Å². The molecule has 0 radical (unpaired) electrons. The molecule has 28 heavy (non-hydrogen) atoms. The van der Waals surface area contributed by atoms with Gasteiger partial charge >= 0.3 is 0 Å². The van der Waals surface area contributed by atoms with Crippen molar-refractivity contribution in [1.29, 1.82) is 0 Å². The maximum absolute atomic E-state index is 13.0. The van der Waals surface area contributed by atoms with E-state index in [1.54, 1.807) is 0 Å². The van der Waals surface area contributed by atoms with E-state index in [1.165, 1.54) is 66.9 Å². The molecule has 3 rings (SSSR count). The van der Waals surface area contributed by atoms with E-state index < -0.39 is 21.7 Å². The second-order valence-corrected chi connectivity index (χ2v) is 7.34. The topological polar surface area (TPSA) is 106 Å². The zero-order chi connectivity index (χ0) is 20.1.